The van der Waals surface area contributed by atoms with Crippen LogP contribution in [0.4, 0.5) is 10.5 Å². The number of ether oxygens (including phenoxy) is 3. The summed E-state index contributed by atoms with van der Waals surface area (Å²) in [6, 6.07) is 20.7. The van der Waals surface area contributed by atoms with Crippen LogP contribution in [0.5, 0.6) is 11.5 Å². The van der Waals surface area contributed by atoms with Crippen LogP contribution in [-0.4, -0.2) is 31.7 Å². The molecule has 3 rings (SSSR count). The number of rotatable bonds is 9. The molecule has 0 fully saturated rings. The number of carbonyl (C=O) groups excluding carboxylic acids is 3. The summed E-state index contributed by atoms with van der Waals surface area (Å²) in [5, 5.41) is 5.71. The Morgan fingerprint density at radius 1 is 0.853 bits per heavy atom. The fraction of sp³-hybridized carbons (Fsp3) is 0.192. The number of hydrogen-bond donors (Lipinski definition) is 2. The molecule has 0 bridgehead atoms. The molecular weight excluding hydrogens is 436 g/mol. The van der Waals surface area contributed by atoms with Gasteiger partial charge in [0, 0.05) is 17.8 Å². The lowest BCUT2D eigenvalue weighted by Gasteiger charge is -2.10. The van der Waals surface area contributed by atoms with Crippen LogP contribution in [-0.2, 0) is 22.5 Å². The summed E-state index contributed by atoms with van der Waals surface area (Å²) in [5.74, 6) is 0.598. The van der Waals surface area contributed by atoms with Crippen LogP contribution in [0.15, 0.2) is 72.8 Å². The molecule has 2 amide bonds. The summed E-state index contributed by atoms with van der Waals surface area (Å²) in [5.41, 5.74) is 2.77. The maximum atomic E-state index is 12.4. The van der Waals surface area contributed by atoms with Gasteiger partial charge in [-0.05, 0) is 66.6 Å². The quantitative estimate of drug-likeness (QED) is 0.362. The molecule has 0 radical (unpaired) electrons. The van der Waals surface area contributed by atoms with E-state index < -0.39 is 6.16 Å². The smallest absolute Gasteiger partial charge is 0.497 e. The van der Waals surface area contributed by atoms with Gasteiger partial charge in [0.2, 0.25) is 5.91 Å². The topological polar surface area (TPSA) is 103 Å². The Labute approximate surface area is 197 Å². The third-order valence-electron chi connectivity index (χ3n) is 4.77. The van der Waals surface area contributed by atoms with Crippen LogP contribution < -0.4 is 20.1 Å². The second kappa shape index (κ2) is 12.1. The molecule has 0 atom stereocenters. The molecule has 176 valence electrons. The summed E-state index contributed by atoms with van der Waals surface area (Å²) >= 11 is 0. The normalized spacial score (nSPS) is 10.2. The molecule has 0 spiro atoms. The predicted molar refractivity (Wildman–Crippen MR) is 127 cm³/mol. The third kappa shape index (κ3) is 7.37. The minimum Gasteiger partial charge on any atom is -0.497 e. The van der Waals surface area contributed by atoms with E-state index in [0.29, 0.717) is 11.3 Å². The van der Waals surface area contributed by atoms with E-state index in [1.165, 1.54) is 12.1 Å². The molecule has 0 aliphatic rings. The lowest BCUT2D eigenvalue weighted by atomic mass is 10.1. The van der Waals surface area contributed by atoms with Crippen LogP contribution >= 0.6 is 0 Å². The first kappa shape index (κ1) is 24.3. The van der Waals surface area contributed by atoms with Gasteiger partial charge < -0.3 is 24.8 Å². The molecule has 8 heteroatoms. The molecule has 0 aromatic heterocycles. The largest absolute Gasteiger partial charge is 0.513 e. The molecule has 0 saturated carbocycles. The Balaban J connectivity index is 1.51. The minimum absolute atomic E-state index is 0.142. The van der Waals surface area contributed by atoms with Crippen molar-refractivity contribution in [3.8, 4) is 11.5 Å². The standard InChI is InChI=1S/C26H26N2O6/c1-3-33-26(31)34-23-13-9-20(10-14-23)25(30)27-17-19-5-4-6-21(15-19)28-24(29)16-18-7-11-22(32-2)12-8-18/h4-15H,3,16-17H2,1-2H3,(H,27,30)(H,28,29). The molecule has 0 aliphatic carbocycles. The van der Waals surface area contributed by atoms with Gasteiger partial charge in [0.05, 0.1) is 20.1 Å². The predicted octanol–water partition coefficient (Wildman–Crippen LogP) is 4.34. The van der Waals surface area contributed by atoms with Gasteiger partial charge in [0.25, 0.3) is 5.91 Å². The highest BCUT2D eigenvalue weighted by molar-refractivity contribution is 5.94. The number of nitrogens with one attached hydrogen (secondary N) is 2. The first-order valence-electron chi connectivity index (χ1n) is 10.7. The van der Waals surface area contributed by atoms with E-state index in [-0.39, 0.29) is 37.1 Å². The zero-order valence-corrected chi connectivity index (χ0v) is 19.0. The van der Waals surface area contributed by atoms with E-state index in [1.807, 2.05) is 42.5 Å². The molecule has 3 aromatic rings. The van der Waals surface area contributed by atoms with Crippen molar-refractivity contribution in [3.63, 3.8) is 0 Å². The summed E-state index contributed by atoms with van der Waals surface area (Å²) in [6.07, 6.45) is -0.559. The zero-order valence-electron chi connectivity index (χ0n) is 19.0. The van der Waals surface area contributed by atoms with Crippen molar-refractivity contribution in [2.75, 3.05) is 19.0 Å². The monoisotopic (exact) mass is 462 g/mol. The minimum atomic E-state index is -0.796. The summed E-state index contributed by atoms with van der Waals surface area (Å²) < 4.78 is 14.8. The van der Waals surface area contributed by atoms with E-state index in [9.17, 15) is 14.4 Å². The summed E-state index contributed by atoms with van der Waals surface area (Å²) in [7, 11) is 1.59. The van der Waals surface area contributed by atoms with E-state index >= 15 is 0 Å². The number of carbonyl (C=O) groups is 3. The number of methoxy groups -OCH3 is 1. The van der Waals surface area contributed by atoms with Crippen LogP contribution in [0.3, 0.4) is 0 Å². The SMILES string of the molecule is CCOC(=O)Oc1ccc(C(=O)NCc2cccc(NC(=O)Cc3ccc(OC)cc3)c2)cc1. The molecule has 0 unspecified atom stereocenters. The van der Waals surface area contributed by atoms with Crippen molar-refractivity contribution in [1.82, 2.24) is 5.32 Å². The van der Waals surface area contributed by atoms with Gasteiger partial charge in [-0.25, -0.2) is 4.79 Å². The lowest BCUT2D eigenvalue weighted by molar-refractivity contribution is -0.115. The molecule has 0 aliphatic heterocycles. The lowest BCUT2D eigenvalue weighted by Crippen LogP contribution is -2.23. The maximum Gasteiger partial charge on any atom is 0.513 e. The van der Waals surface area contributed by atoms with Gasteiger partial charge in [-0.15, -0.1) is 0 Å². The Morgan fingerprint density at radius 3 is 2.24 bits per heavy atom. The highest BCUT2D eigenvalue weighted by atomic mass is 16.7. The van der Waals surface area contributed by atoms with Gasteiger partial charge in [-0.2, -0.15) is 0 Å². The number of hydrogen-bond acceptors (Lipinski definition) is 6. The second-order valence-corrected chi connectivity index (χ2v) is 7.27. The van der Waals surface area contributed by atoms with Gasteiger partial charge >= 0.3 is 6.16 Å². The van der Waals surface area contributed by atoms with Crippen molar-refractivity contribution < 1.29 is 28.6 Å². The third-order valence-corrected chi connectivity index (χ3v) is 4.77. The average molecular weight is 463 g/mol. The van der Waals surface area contributed by atoms with Crippen LogP contribution in [0.1, 0.15) is 28.4 Å². The molecule has 2 N–H and O–H groups in total. The van der Waals surface area contributed by atoms with Crippen molar-refractivity contribution in [3.05, 3.63) is 89.5 Å². The van der Waals surface area contributed by atoms with Crippen molar-refractivity contribution in [2.45, 2.75) is 19.9 Å². The highest BCUT2D eigenvalue weighted by Gasteiger charge is 2.09. The Morgan fingerprint density at radius 2 is 1.56 bits per heavy atom. The van der Waals surface area contributed by atoms with E-state index in [2.05, 4.69) is 10.6 Å². The van der Waals surface area contributed by atoms with Gasteiger partial charge in [-0.3, -0.25) is 9.59 Å². The fourth-order valence-corrected chi connectivity index (χ4v) is 3.10. The molecule has 0 saturated heterocycles. The van der Waals surface area contributed by atoms with Crippen LogP contribution in [0, 0.1) is 0 Å². The van der Waals surface area contributed by atoms with Crippen molar-refractivity contribution in [1.29, 1.82) is 0 Å². The first-order chi connectivity index (χ1) is 16.5. The van der Waals surface area contributed by atoms with Gasteiger partial charge in [-0.1, -0.05) is 24.3 Å². The van der Waals surface area contributed by atoms with Gasteiger partial charge in [0.1, 0.15) is 11.5 Å². The van der Waals surface area contributed by atoms with Crippen molar-refractivity contribution in [2.24, 2.45) is 0 Å². The summed E-state index contributed by atoms with van der Waals surface area (Å²) in [4.78, 5) is 36.2. The Kier molecular flexibility index (Phi) is 8.62. The molecule has 3 aromatic carbocycles. The Bertz CT molecular complexity index is 1130. The summed E-state index contributed by atoms with van der Waals surface area (Å²) in [6.45, 7) is 2.18. The van der Waals surface area contributed by atoms with E-state index in [0.717, 1.165) is 16.9 Å². The zero-order chi connectivity index (χ0) is 24.3. The van der Waals surface area contributed by atoms with Crippen LogP contribution in [0.2, 0.25) is 0 Å². The van der Waals surface area contributed by atoms with E-state index in [1.54, 1.807) is 32.2 Å². The Hall–Kier alpha value is -4.33. The first-order valence-corrected chi connectivity index (χ1v) is 10.7. The molecular formula is C26H26N2O6. The second-order valence-electron chi connectivity index (χ2n) is 7.27. The molecule has 34 heavy (non-hydrogen) atoms. The number of anilines is 1. The average Bonchev–Trinajstić information content (AvgIpc) is 2.84. The molecule has 0 heterocycles. The maximum absolute atomic E-state index is 12.4. The van der Waals surface area contributed by atoms with E-state index in [4.69, 9.17) is 14.2 Å². The number of amides is 2. The fourth-order valence-electron chi connectivity index (χ4n) is 3.10. The highest BCUT2D eigenvalue weighted by Crippen LogP contribution is 2.15. The molecule has 8 nitrogen and oxygen atoms in total. The van der Waals surface area contributed by atoms with Gasteiger partial charge in [0.15, 0.2) is 0 Å². The number of benzene rings is 3. The van der Waals surface area contributed by atoms with Crippen LogP contribution in [0.25, 0.3) is 0 Å². The van der Waals surface area contributed by atoms with Crippen molar-refractivity contribution >= 4 is 23.7 Å².